The molecule has 5 nitrogen and oxygen atoms in total. The molecule has 1 heterocycles. The first kappa shape index (κ1) is 29.6. The molecule has 5 rings (SSSR count). The molecule has 0 aliphatic heterocycles. The Kier molecular flexibility index (Phi) is 8.53. The summed E-state index contributed by atoms with van der Waals surface area (Å²) < 4.78 is 40.4. The Labute approximate surface area is 248 Å². The molecule has 0 aliphatic rings. The van der Waals surface area contributed by atoms with Crippen molar-refractivity contribution in [2.24, 2.45) is 0 Å². The van der Waals surface area contributed by atoms with Gasteiger partial charge in [-0.3, -0.25) is 0 Å². The quantitative estimate of drug-likeness (QED) is 0.194. The van der Waals surface area contributed by atoms with Crippen LogP contribution >= 0.6 is 7.26 Å². The van der Waals surface area contributed by atoms with Gasteiger partial charge in [0.2, 0.25) is 0 Å². The van der Waals surface area contributed by atoms with Crippen LogP contribution in [0.5, 0.6) is 0 Å². The zero-order chi connectivity index (χ0) is 29.9. The van der Waals surface area contributed by atoms with Crippen LogP contribution in [-0.4, -0.2) is 31.7 Å². The molecule has 42 heavy (non-hydrogen) atoms. The zero-order valence-corrected chi connectivity index (χ0v) is 26.0. The van der Waals surface area contributed by atoms with E-state index in [9.17, 15) is 12.8 Å². The average Bonchev–Trinajstić information content (AvgIpc) is 3.00. The molecule has 0 amide bonds. The molecular weight excluding hydrogens is 564 g/mol. The molecule has 0 bridgehead atoms. The summed E-state index contributed by atoms with van der Waals surface area (Å²) in [4.78, 5) is 9.77. The average molecular weight is 600 g/mol. The molecule has 0 unspecified atom stereocenters. The van der Waals surface area contributed by atoms with Crippen molar-refractivity contribution in [3.8, 4) is 11.3 Å². The van der Waals surface area contributed by atoms with Crippen molar-refractivity contribution in [2.45, 2.75) is 25.9 Å². The number of sulfonamides is 1. The first-order valence-corrected chi connectivity index (χ1v) is 17.9. The summed E-state index contributed by atoms with van der Waals surface area (Å²) in [5.74, 6) is -0.299. The van der Waals surface area contributed by atoms with E-state index in [1.165, 1.54) is 35.1 Å². The number of hydrogen-bond acceptors (Lipinski definition) is 4. The number of halogens is 1. The van der Waals surface area contributed by atoms with Crippen molar-refractivity contribution < 1.29 is 12.8 Å². The summed E-state index contributed by atoms with van der Waals surface area (Å²) in [5, 5.41) is 3.71. The second-order valence-electron chi connectivity index (χ2n) is 10.8. The standard InChI is InChI=1S/C34H35FN3O2PS/c1-25(2)32-31(33(26-20-22-27(35)23-21-26)37-34(36-32)38(3)42(4,39)40)24-41(28-14-8-5-9-15-28,29-16-10-6-11-17-29)30-18-12-7-13-19-30/h5-23,25,41H,24H2,1-4H3. The van der Waals surface area contributed by atoms with Gasteiger partial charge < -0.3 is 0 Å². The number of anilines is 1. The molecular formula is C34H35FN3O2PS. The number of nitrogens with zero attached hydrogens (tertiary/aromatic N) is 3. The molecule has 0 saturated heterocycles. The van der Waals surface area contributed by atoms with Gasteiger partial charge in [-0.2, -0.15) is 0 Å². The van der Waals surface area contributed by atoms with Gasteiger partial charge in [-0.25, -0.2) is 0 Å². The predicted octanol–water partition coefficient (Wildman–Crippen LogP) is 6.03. The number of benzene rings is 4. The zero-order valence-electron chi connectivity index (χ0n) is 24.2. The molecule has 0 aliphatic carbocycles. The van der Waals surface area contributed by atoms with Gasteiger partial charge in [0.1, 0.15) is 0 Å². The molecule has 0 N–H and O–H groups in total. The van der Waals surface area contributed by atoms with Gasteiger partial charge in [-0.15, -0.1) is 0 Å². The van der Waals surface area contributed by atoms with E-state index in [0.717, 1.165) is 21.8 Å². The SMILES string of the molecule is CC(C)c1nc(N(C)S(C)(=O)=O)nc(-c2ccc(F)cc2)c1C[PH](c1ccccc1)(c1ccccc1)c1ccccc1. The van der Waals surface area contributed by atoms with Crippen LogP contribution in [-0.2, 0) is 16.2 Å². The molecule has 0 spiro atoms. The Hall–Kier alpha value is -3.93. The molecule has 0 radical (unpaired) electrons. The Morgan fingerprint density at radius 1 is 0.738 bits per heavy atom. The van der Waals surface area contributed by atoms with E-state index in [2.05, 4.69) is 86.6 Å². The van der Waals surface area contributed by atoms with Crippen LogP contribution in [0, 0.1) is 5.82 Å². The van der Waals surface area contributed by atoms with Crippen LogP contribution in [0.1, 0.15) is 31.0 Å². The third-order valence-electron chi connectivity index (χ3n) is 7.71. The van der Waals surface area contributed by atoms with E-state index in [1.807, 2.05) is 18.2 Å². The summed E-state index contributed by atoms with van der Waals surface area (Å²) in [6, 6.07) is 38.0. The molecule has 0 atom stereocenters. The van der Waals surface area contributed by atoms with Crippen LogP contribution in [0.4, 0.5) is 10.3 Å². The fourth-order valence-corrected chi connectivity index (χ4v) is 10.7. The number of rotatable bonds is 9. The molecule has 0 fully saturated rings. The molecule has 1 aromatic heterocycles. The topological polar surface area (TPSA) is 63.2 Å². The fourth-order valence-electron chi connectivity index (χ4n) is 5.52. The van der Waals surface area contributed by atoms with Crippen LogP contribution in [0.25, 0.3) is 11.3 Å². The maximum absolute atomic E-state index is 14.1. The van der Waals surface area contributed by atoms with Crippen molar-refractivity contribution in [2.75, 3.05) is 17.6 Å². The molecule has 216 valence electrons. The van der Waals surface area contributed by atoms with Gasteiger partial charge >= 0.3 is 249 Å². The Balaban J connectivity index is 1.89. The van der Waals surface area contributed by atoms with Crippen molar-refractivity contribution in [1.82, 2.24) is 9.97 Å². The third kappa shape index (κ3) is 5.85. The number of aromatic nitrogens is 2. The van der Waals surface area contributed by atoms with Crippen LogP contribution in [0.3, 0.4) is 0 Å². The normalized spacial score (nSPS) is 12.3. The third-order valence-corrected chi connectivity index (χ3v) is 13.7. The van der Waals surface area contributed by atoms with E-state index < -0.39 is 17.3 Å². The monoisotopic (exact) mass is 599 g/mol. The first-order chi connectivity index (χ1) is 20.1. The van der Waals surface area contributed by atoms with Crippen LogP contribution in [0.15, 0.2) is 115 Å². The summed E-state index contributed by atoms with van der Waals surface area (Å²) in [7, 11) is -4.95. The van der Waals surface area contributed by atoms with Crippen molar-refractivity contribution in [3.05, 3.63) is 132 Å². The molecule has 4 aromatic carbocycles. The number of hydrogen-bond donors (Lipinski definition) is 0. The van der Waals surface area contributed by atoms with E-state index in [4.69, 9.17) is 9.97 Å². The van der Waals surface area contributed by atoms with Crippen molar-refractivity contribution in [1.29, 1.82) is 0 Å². The van der Waals surface area contributed by atoms with Crippen molar-refractivity contribution in [3.63, 3.8) is 0 Å². The van der Waals surface area contributed by atoms with Gasteiger partial charge in [0, 0.05) is 0 Å². The van der Waals surface area contributed by atoms with E-state index in [-0.39, 0.29) is 17.7 Å². The van der Waals surface area contributed by atoms with Crippen LogP contribution < -0.4 is 20.2 Å². The Bertz CT molecular complexity index is 1670. The van der Waals surface area contributed by atoms with Crippen molar-refractivity contribution >= 4 is 39.1 Å². The summed E-state index contributed by atoms with van der Waals surface area (Å²) in [6.45, 7) is 4.11. The minimum absolute atomic E-state index is 0.0390. The van der Waals surface area contributed by atoms with E-state index in [1.54, 1.807) is 12.1 Å². The van der Waals surface area contributed by atoms with Gasteiger partial charge in [0.05, 0.1) is 0 Å². The fraction of sp³-hybridized carbons (Fsp3) is 0.176. The second kappa shape index (κ2) is 12.1. The molecule has 5 aromatic rings. The summed E-state index contributed by atoms with van der Waals surface area (Å²) in [5.41, 5.74) is 3.02. The first-order valence-electron chi connectivity index (χ1n) is 13.9. The summed E-state index contributed by atoms with van der Waals surface area (Å²) >= 11 is 0. The predicted molar refractivity (Wildman–Crippen MR) is 175 cm³/mol. The molecule has 8 heteroatoms. The summed E-state index contributed by atoms with van der Waals surface area (Å²) in [6.07, 6.45) is 1.75. The second-order valence-corrected chi connectivity index (χ2v) is 16.7. The molecule has 0 saturated carbocycles. The van der Waals surface area contributed by atoms with E-state index in [0.29, 0.717) is 17.4 Å². The minimum atomic E-state index is -3.62. The van der Waals surface area contributed by atoms with Gasteiger partial charge in [-0.05, 0) is 0 Å². The maximum atomic E-state index is 14.1. The van der Waals surface area contributed by atoms with Gasteiger partial charge in [0.15, 0.2) is 0 Å². The van der Waals surface area contributed by atoms with Gasteiger partial charge in [-0.1, -0.05) is 0 Å². The Morgan fingerprint density at radius 3 is 1.60 bits per heavy atom. The van der Waals surface area contributed by atoms with Crippen LogP contribution in [0.2, 0.25) is 0 Å². The van der Waals surface area contributed by atoms with Gasteiger partial charge in [0.25, 0.3) is 0 Å². The van der Waals surface area contributed by atoms with E-state index >= 15 is 0 Å². The Morgan fingerprint density at radius 2 is 1.19 bits per heavy atom.